The van der Waals surface area contributed by atoms with Crippen molar-refractivity contribution < 1.29 is 9.90 Å². The van der Waals surface area contributed by atoms with Gasteiger partial charge in [-0.05, 0) is 48.2 Å². The molecule has 146 valence electrons. The van der Waals surface area contributed by atoms with Crippen molar-refractivity contribution in [2.75, 3.05) is 25.1 Å². The summed E-state index contributed by atoms with van der Waals surface area (Å²) in [6.07, 6.45) is 8.87. The van der Waals surface area contributed by atoms with Crippen molar-refractivity contribution in [2.45, 2.75) is 31.8 Å². The number of rotatable bonds is 4. The topological polar surface area (TPSA) is 56.7 Å². The molecule has 3 atom stereocenters. The summed E-state index contributed by atoms with van der Waals surface area (Å²) in [7, 11) is 2.05. The minimum atomic E-state index is 0.0118. The predicted octanol–water partition coefficient (Wildman–Crippen LogP) is 3.06. The Morgan fingerprint density at radius 3 is 2.93 bits per heavy atom. The van der Waals surface area contributed by atoms with Crippen LogP contribution in [-0.2, 0) is 11.2 Å². The van der Waals surface area contributed by atoms with Crippen molar-refractivity contribution in [1.29, 1.82) is 0 Å². The van der Waals surface area contributed by atoms with Crippen molar-refractivity contribution in [3.05, 3.63) is 65.5 Å². The zero-order valence-electron chi connectivity index (χ0n) is 16.5. The van der Waals surface area contributed by atoms with Crippen molar-refractivity contribution >= 4 is 17.7 Å². The number of hydrogen-bond acceptors (Lipinski definition) is 4. The van der Waals surface area contributed by atoms with Gasteiger partial charge in [0, 0.05) is 37.6 Å². The molecular formula is C23H27N3O2. The van der Waals surface area contributed by atoms with Gasteiger partial charge >= 0.3 is 0 Å². The molecule has 1 saturated heterocycles. The second kappa shape index (κ2) is 7.76. The predicted molar refractivity (Wildman–Crippen MR) is 111 cm³/mol. The molecule has 28 heavy (non-hydrogen) atoms. The Balaban J connectivity index is 1.71. The molecule has 0 aliphatic carbocycles. The lowest BCUT2D eigenvalue weighted by Gasteiger charge is -2.44. The summed E-state index contributed by atoms with van der Waals surface area (Å²) in [4.78, 5) is 21.5. The standard InChI is InChI=1S/C23H27N3O2/c1-3-5-16-7-8-20-19(12-16)23-18(21(15-27)25(20)2)9-11-26(23)22(28)13-17-6-4-10-24-14-17/h3-8,10,12,14,18,21,23,27H,9,11,13,15H2,1-2H3/t18-,21-,23-/m1/s1. The quantitative estimate of drug-likeness (QED) is 0.890. The molecule has 1 amide bonds. The number of likely N-dealkylation sites (tertiary alicyclic amines) is 1. The maximum atomic E-state index is 13.2. The van der Waals surface area contributed by atoms with Gasteiger partial charge in [-0.25, -0.2) is 0 Å². The van der Waals surface area contributed by atoms with Crippen molar-refractivity contribution in [3.8, 4) is 0 Å². The molecule has 0 radical (unpaired) electrons. The fourth-order valence-corrected chi connectivity index (χ4v) is 4.83. The number of carbonyl (C=O) groups is 1. The number of fused-ring (bicyclic) bond motifs is 3. The normalized spacial score (nSPS) is 23.8. The van der Waals surface area contributed by atoms with Crippen LogP contribution < -0.4 is 4.90 Å². The summed E-state index contributed by atoms with van der Waals surface area (Å²) in [6, 6.07) is 10.3. The number of aromatic nitrogens is 1. The second-order valence-corrected chi connectivity index (χ2v) is 7.70. The first kappa shape index (κ1) is 18.7. The molecule has 2 aliphatic heterocycles. The van der Waals surface area contributed by atoms with E-state index in [1.807, 2.05) is 37.1 Å². The van der Waals surface area contributed by atoms with Crippen LogP contribution in [0.1, 0.15) is 36.1 Å². The monoisotopic (exact) mass is 377 g/mol. The Morgan fingerprint density at radius 1 is 1.36 bits per heavy atom. The molecule has 0 saturated carbocycles. The largest absolute Gasteiger partial charge is 0.394 e. The highest BCUT2D eigenvalue weighted by molar-refractivity contribution is 5.80. The summed E-state index contributed by atoms with van der Waals surface area (Å²) in [5.74, 6) is 0.366. The van der Waals surface area contributed by atoms with Crippen LogP contribution in [0.25, 0.3) is 6.08 Å². The molecule has 3 heterocycles. The highest BCUT2D eigenvalue weighted by Gasteiger charge is 2.47. The molecular weight excluding hydrogens is 350 g/mol. The third-order valence-electron chi connectivity index (χ3n) is 6.13. The smallest absolute Gasteiger partial charge is 0.227 e. The van der Waals surface area contributed by atoms with Crippen LogP contribution in [-0.4, -0.2) is 47.1 Å². The van der Waals surface area contributed by atoms with E-state index in [0.717, 1.165) is 29.8 Å². The van der Waals surface area contributed by atoms with Gasteiger partial charge in [-0.2, -0.15) is 0 Å². The van der Waals surface area contributed by atoms with E-state index in [9.17, 15) is 9.90 Å². The minimum Gasteiger partial charge on any atom is -0.394 e. The number of benzene rings is 1. The third kappa shape index (κ3) is 3.20. The third-order valence-corrected chi connectivity index (χ3v) is 6.13. The number of carbonyl (C=O) groups excluding carboxylic acids is 1. The molecule has 4 rings (SSSR count). The van der Waals surface area contributed by atoms with Gasteiger partial charge in [-0.1, -0.05) is 24.3 Å². The van der Waals surface area contributed by atoms with E-state index >= 15 is 0 Å². The maximum absolute atomic E-state index is 13.2. The molecule has 2 aromatic rings. The Hall–Kier alpha value is -2.66. The lowest BCUT2D eigenvalue weighted by molar-refractivity contribution is -0.132. The summed E-state index contributed by atoms with van der Waals surface area (Å²) >= 11 is 0. The van der Waals surface area contributed by atoms with Crippen LogP contribution in [0.4, 0.5) is 5.69 Å². The van der Waals surface area contributed by atoms with Crippen molar-refractivity contribution in [2.24, 2.45) is 5.92 Å². The fourth-order valence-electron chi connectivity index (χ4n) is 4.83. The summed E-state index contributed by atoms with van der Waals surface area (Å²) in [6.45, 7) is 2.83. The van der Waals surface area contributed by atoms with Crippen LogP contribution in [0.5, 0.6) is 0 Å². The van der Waals surface area contributed by atoms with Crippen molar-refractivity contribution in [3.63, 3.8) is 0 Å². The molecule has 1 aromatic heterocycles. The first-order chi connectivity index (χ1) is 13.6. The molecule has 1 N–H and O–H groups in total. The molecule has 0 spiro atoms. The number of nitrogens with zero attached hydrogens (tertiary/aromatic N) is 3. The summed E-state index contributed by atoms with van der Waals surface area (Å²) in [5, 5.41) is 10.1. The minimum absolute atomic E-state index is 0.0118. The number of amides is 1. The molecule has 0 bridgehead atoms. The van der Waals surface area contributed by atoms with Gasteiger partial charge in [-0.3, -0.25) is 9.78 Å². The Labute approximate surface area is 166 Å². The molecule has 2 aliphatic rings. The van der Waals surface area contributed by atoms with Crippen LogP contribution in [0.15, 0.2) is 48.8 Å². The number of pyridine rings is 1. The van der Waals surface area contributed by atoms with E-state index in [4.69, 9.17) is 0 Å². The number of aliphatic hydroxyl groups is 1. The fraction of sp³-hybridized carbons (Fsp3) is 0.391. The van der Waals surface area contributed by atoms with Gasteiger partial charge in [0.2, 0.25) is 5.91 Å². The van der Waals surface area contributed by atoms with Crippen LogP contribution >= 0.6 is 0 Å². The number of anilines is 1. The van der Waals surface area contributed by atoms with E-state index in [0.29, 0.717) is 6.42 Å². The number of allylic oxidation sites excluding steroid dienone is 1. The first-order valence-electron chi connectivity index (χ1n) is 9.92. The Kier molecular flexibility index (Phi) is 5.18. The molecule has 5 heteroatoms. The van der Waals surface area contributed by atoms with Gasteiger partial charge in [0.15, 0.2) is 0 Å². The summed E-state index contributed by atoms with van der Waals surface area (Å²) < 4.78 is 0. The number of aliphatic hydroxyl groups excluding tert-OH is 1. The zero-order chi connectivity index (χ0) is 19.7. The van der Waals surface area contributed by atoms with E-state index in [1.165, 1.54) is 5.56 Å². The van der Waals surface area contributed by atoms with Gasteiger partial charge in [0.1, 0.15) is 0 Å². The lowest BCUT2D eigenvalue weighted by Crippen LogP contribution is -2.48. The van der Waals surface area contributed by atoms with E-state index in [1.54, 1.807) is 12.4 Å². The number of likely N-dealkylation sites (N-methyl/N-ethyl adjacent to an activating group) is 1. The number of hydrogen-bond donors (Lipinski definition) is 1. The van der Waals surface area contributed by atoms with E-state index in [2.05, 4.69) is 34.2 Å². The lowest BCUT2D eigenvalue weighted by atomic mass is 9.81. The average Bonchev–Trinajstić information content (AvgIpc) is 3.14. The SMILES string of the molecule is CC=Cc1ccc2c(c1)[C@H]1[C@H](CCN1C(=O)Cc1cccnc1)[C@@H](CO)N2C. The van der Waals surface area contributed by atoms with Crippen LogP contribution in [0.2, 0.25) is 0 Å². The van der Waals surface area contributed by atoms with Gasteiger partial charge < -0.3 is 14.9 Å². The second-order valence-electron chi connectivity index (χ2n) is 7.70. The zero-order valence-corrected chi connectivity index (χ0v) is 16.5. The van der Waals surface area contributed by atoms with Gasteiger partial charge in [-0.15, -0.1) is 0 Å². The highest BCUT2D eigenvalue weighted by Crippen LogP contribution is 2.48. The van der Waals surface area contributed by atoms with Gasteiger partial charge in [0.05, 0.1) is 25.1 Å². The highest BCUT2D eigenvalue weighted by atomic mass is 16.3. The average molecular weight is 377 g/mol. The molecule has 1 fully saturated rings. The van der Waals surface area contributed by atoms with E-state index in [-0.39, 0.29) is 30.5 Å². The van der Waals surface area contributed by atoms with Crippen LogP contribution in [0, 0.1) is 5.92 Å². The molecule has 1 aromatic carbocycles. The van der Waals surface area contributed by atoms with E-state index < -0.39 is 0 Å². The summed E-state index contributed by atoms with van der Waals surface area (Å²) in [5.41, 5.74) is 4.37. The molecule has 0 unspecified atom stereocenters. The Bertz CT molecular complexity index is 881. The molecule has 5 nitrogen and oxygen atoms in total. The van der Waals surface area contributed by atoms with Gasteiger partial charge in [0.25, 0.3) is 0 Å². The Morgan fingerprint density at radius 2 is 2.21 bits per heavy atom. The van der Waals surface area contributed by atoms with Crippen LogP contribution in [0.3, 0.4) is 0 Å². The van der Waals surface area contributed by atoms with Crippen molar-refractivity contribution in [1.82, 2.24) is 9.88 Å². The first-order valence-corrected chi connectivity index (χ1v) is 9.92. The maximum Gasteiger partial charge on any atom is 0.227 e.